The number of nitrogens with two attached hydrogens (primary N) is 1. The molecule has 0 heterocycles. The first-order valence-corrected chi connectivity index (χ1v) is 7.30. The fourth-order valence-electron chi connectivity index (χ4n) is 3.39. The zero-order valence-corrected chi connectivity index (χ0v) is 11.7. The Morgan fingerprint density at radius 1 is 1.28 bits per heavy atom. The molecule has 2 rings (SSSR count). The van der Waals surface area contributed by atoms with Gasteiger partial charge in [-0.3, -0.25) is 0 Å². The van der Waals surface area contributed by atoms with Gasteiger partial charge in [-0.05, 0) is 44.2 Å². The molecule has 1 aromatic rings. The van der Waals surface area contributed by atoms with Crippen LogP contribution in [0.15, 0.2) is 24.3 Å². The van der Waals surface area contributed by atoms with Crippen molar-refractivity contribution in [2.75, 3.05) is 18.0 Å². The smallest absolute Gasteiger partial charge is 0.0440 e. The summed E-state index contributed by atoms with van der Waals surface area (Å²) in [6, 6.07) is 9.18. The van der Waals surface area contributed by atoms with Crippen molar-refractivity contribution in [3.05, 3.63) is 29.8 Å². The third-order valence-electron chi connectivity index (χ3n) is 4.35. The molecule has 1 saturated carbocycles. The first-order valence-electron chi connectivity index (χ1n) is 7.30. The Morgan fingerprint density at radius 3 is 2.50 bits per heavy atom. The highest BCUT2D eigenvalue weighted by atomic mass is 15.2. The maximum Gasteiger partial charge on any atom is 0.0440 e. The summed E-state index contributed by atoms with van der Waals surface area (Å²) >= 11 is 0. The number of para-hydroxylation sites is 1. The quantitative estimate of drug-likeness (QED) is 0.863. The van der Waals surface area contributed by atoms with Crippen molar-refractivity contribution >= 4 is 5.69 Å². The number of likely N-dealkylation sites (N-methyl/N-ethyl adjacent to an activating group) is 1. The molecule has 0 bridgehead atoms. The molecular weight excluding hydrogens is 220 g/mol. The van der Waals surface area contributed by atoms with Gasteiger partial charge in [0.25, 0.3) is 0 Å². The van der Waals surface area contributed by atoms with E-state index in [0.717, 1.165) is 19.0 Å². The van der Waals surface area contributed by atoms with Gasteiger partial charge in [-0.15, -0.1) is 0 Å². The summed E-state index contributed by atoms with van der Waals surface area (Å²) < 4.78 is 0. The average molecular weight is 246 g/mol. The normalized spacial score (nSPS) is 17.9. The molecule has 100 valence electrons. The summed E-state index contributed by atoms with van der Waals surface area (Å²) in [5.74, 6) is 0.787. The lowest BCUT2D eigenvalue weighted by Crippen LogP contribution is -2.45. The summed E-state index contributed by atoms with van der Waals surface area (Å²) in [5.41, 5.74) is 8.80. The minimum absolute atomic E-state index is 0.513. The van der Waals surface area contributed by atoms with Crippen molar-refractivity contribution < 1.29 is 0 Å². The second-order valence-corrected chi connectivity index (χ2v) is 5.42. The molecule has 1 aromatic carbocycles. The lowest BCUT2D eigenvalue weighted by atomic mass is 9.95. The minimum atomic E-state index is 0.513. The Balaban J connectivity index is 2.23. The van der Waals surface area contributed by atoms with Gasteiger partial charge in [0.15, 0.2) is 0 Å². The number of benzene rings is 1. The van der Waals surface area contributed by atoms with Crippen molar-refractivity contribution in [3.8, 4) is 0 Å². The second kappa shape index (κ2) is 6.24. The van der Waals surface area contributed by atoms with E-state index in [0.29, 0.717) is 6.04 Å². The Hall–Kier alpha value is -1.02. The molecule has 2 nitrogen and oxygen atoms in total. The molecule has 0 radical (unpaired) electrons. The molecule has 1 fully saturated rings. The number of rotatable bonds is 5. The zero-order chi connectivity index (χ0) is 13.0. The molecule has 1 aliphatic carbocycles. The summed E-state index contributed by atoms with van der Waals surface area (Å²) in [6.07, 6.45) is 5.47. The van der Waals surface area contributed by atoms with E-state index in [1.807, 2.05) is 0 Å². The maximum atomic E-state index is 6.07. The average Bonchev–Trinajstić information content (AvgIpc) is 2.90. The number of anilines is 1. The van der Waals surface area contributed by atoms with Crippen LogP contribution in [0.5, 0.6) is 0 Å². The first kappa shape index (κ1) is 13.4. The molecule has 0 aromatic heterocycles. The number of hydrogen-bond acceptors (Lipinski definition) is 2. The molecule has 0 aliphatic heterocycles. The summed E-state index contributed by atoms with van der Waals surface area (Å²) in [5, 5.41) is 0. The molecule has 1 aliphatic rings. The fourth-order valence-corrected chi connectivity index (χ4v) is 3.39. The number of nitrogens with zero attached hydrogens (tertiary/aromatic N) is 1. The van der Waals surface area contributed by atoms with Crippen molar-refractivity contribution in [2.24, 2.45) is 11.7 Å². The molecule has 0 saturated heterocycles. The highest BCUT2D eigenvalue weighted by Gasteiger charge is 2.28. The molecule has 1 atom stereocenters. The third kappa shape index (κ3) is 2.69. The van der Waals surface area contributed by atoms with Crippen LogP contribution in [0.25, 0.3) is 0 Å². The van der Waals surface area contributed by atoms with Crippen molar-refractivity contribution in [2.45, 2.75) is 45.6 Å². The van der Waals surface area contributed by atoms with Crippen LogP contribution in [0.2, 0.25) is 0 Å². The number of aryl methyl sites for hydroxylation is 1. The van der Waals surface area contributed by atoms with Crippen LogP contribution in [-0.2, 0) is 0 Å². The molecular formula is C16H26N2. The number of hydrogen-bond donors (Lipinski definition) is 1. The molecule has 2 N–H and O–H groups in total. The summed E-state index contributed by atoms with van der Waals surface area (Å²) in [4.78, 5) is 2.52. The standard InChI is InChI=1S/C16H26N2/c1-3-18(15-11-7-4-8-13(15)2)16(12-17)14-9-5-6-10-14/h4,7-8,11,14,16H,3,5-6,9-10,12,17H2,1-2H3. The van der Waals surface area contributed by atoms with Crippen LogP contribution >= 0.6 is 0 Å². The van der Waals surface area contributed by atoms with Crippen LogP contribution in [0.1, 0.15) is 38.2 Å². The van der Waals surface area contributed by atoms with E-state index in [9.17, 15) is 0 Å². The van der Waals surface area contributed by atoms with Gasteiger partial charge in [0.1, 0.15) is 0 Å². The second-order valence-electron chi connectivity index (χ2n) is 5.42. The Bertz CT molecular complexity index is 369. The lowest BCUT2D eigenvalue weighted by Gasteiger charge is -2.37. The van der Waals surface area contributed by atoms with Crippen molar-refractivity contribution in [3.63, 3.8) is 0 Å². The first-order chi connectivity index (χ1) is 8.77. The van der Waals surface area contributed by atoms with Crippen LogP contribution in [0.4, 0.5) is 5.69 Å². The molecule has 1 unspecified atom stereocenters. The topological polar surface area (TPSA) is 29.3 Å². The van der Waals surface area contributed by atoms with E-state index in [1.165, 1.54) is 36.9 Å². The Morgan fingerprint density at radius 2 is 1.94 bits per heavy atom. The van der Waals surface area contributed by atoms with E-state index in [1.54, 1.807) is 0 Å². The SMILES string of the molecule is CCN(c1ccccc1C)C(CN)C1CCCC1. The van der Waals surface area contributed by atoms with Gasteiger partial charge in [-0.1, -0.05) is 31.0 Å². The summed E-state index contributed by atoms with van der Waals surface area (Å²) in [7, 11) is 0. The zero-order valence-electron chi connectivity index (χ0n) is 11.7. The van der Waals surface area contributed by atoms with Gasteiger partial charge in [0, 0.05) is 24.8 Å². The van der Waals surface area contributed by atoms with Gasteiger partial charge in [-0.25, -0.2) is 0 Å². The Kier molecular flexibility index (Phi) is 4.65. The predicted molar refractivity (Wildman–Crippen MR) is 79.0 cm³/mol. The van der Waals surface area contributed by atoms with E-state index in [-0.39, 0.29) is 0 Å². The monoisotopic (exact) mass is 246 g/mol. The highest BCUT2D eigenvalue weighted by Crippen LogP contribution is 2.33. The van der Waals surface area contributed by atoms with Gasteiger partial charge in [0.05, 0.1) is 0 Å². The largest absolute Gasteiger partial charge is 0.367 e. The van der Waals surface area contributed by atoms with Gasteiger partial charge >= 0.3 is 0 Å². The van der Waals surface area contributed by atoms with Crippen LogP contribution < -0.4 is 10.6 Å². The predicted octanol–water partition coefficient (Wildman–Crippen LogP) is 3.34. The van der Waals surface area contributed by atoms with Crippen LogP contribution in [0.3, 0.4) is 0 Å². The van der Waals surface area contributed by atoms with E-state index >= 15 is 0 Å². The van der Waals surface area contributed by atoms with Crippen LogP contribution in [-0.4, -0.2) is 19.1 Å². The minimum Gasteiger partial charge on any atom is -0.367 e. The lowest BCUT2D eigenvalue weighted by molar-refractivity contribution is 0.412. The third-order valence-corrected chi connectivity index (χ3v) is 4.35. The van der Waals surface area contributed by atoms with E-state index in [4.69, 9.17) is 5.73 Å². The van der Waals surface area contributed by atoms with Crippen LogP contribution in [0, 0.1) is 12.8 Å². The van der Waals surface area contributed by atoms with Crippen molar-refractivity contribution in [1.82, 2.24) is 0 Å². The maximum absolute atomic E-state index is 6.07. The van der Waals surface area contributed by atoms with Gasteiger partial charge < -0.3 is 10.6 Å². The Labute approximate surface area is 111 Å². The highest BCUT2D eigenvalue weighted by molar-refractivity contribution is 5.54. The molecule has 2 heteroatoms. The van der Waals surface area contributed by atoms with Gasteiger partial charge in [0.2, 0.25) is 0 Å². The van der Waals surface area contributed by atoms with E-state index in [2.05, 4.69) is 43.0 Å². The fraction of sp³-hybridized carbons (Fsp3) is 0.625. The van der Waals surface area contributed by atoms with E-state index < -0.39 is 0 Å². The molecule has 0 amide bonds. The van der Waals surface area contributed by atoms with Gasteiger partial charge in [-0.2, -0.15) is 0 Å². The molecule has 18 heavy (non-hydrogen) atoms. The van der Waals surface area contributed by atoms with Crippen molar-refractivity contribution in [1.29, 1.82) is 0 Å². The summed E-state index contributed by atoms with van der Waals surface area (Å²) in [6.45, 7) is 6.25. The molecule has 0 spiro atoms.